The lowest BCUT2D eigenvalue weighted by molar-refractivity contribution is 0.149. The summed E-state index contributed by atoms with van der Waals surface area (Å²) in [6, 6.07) is 14.5. The summed E-state index contributed by atoms with van der Waals surface area (Å²) in [5, 5.41) is 6.63. The minimum absolute atomic E-state index is 0.473. The lowest BCUT2D eigenvalue weighted by Crippen LogP contribution is -2.50. The molecular formula is C25H29F2N5. The lowest BCUT2D eigenvalue weighted by Gasteiger charge is -2.35. The van der Waals surface area contributed by atoms with Crippen LogP contribution in [0, 0.1) is 11.6 Å². The van der Waals surface area contributed by atoms with Crippen molar-refractivity contribution in [2.45, 2.75) is 32.4 Å². The number of nitrogens with zero attached hydrogens (tertiary/aromatic N) is 3. The van der Waals surface area contributed by atoms with E-state index in [0.717, 1.165) is 49.9 Å². The molecule has 2 aromatic carbocycles. The van der Waals surface area contributed by atoms with Gasteiger partial charge in [-0.2, -0.15) is 0 Å². The van der Waals surface area contributed by atoms with Crippen LogP contribution < -0.4 is 10.6 Å². The first kappa shape index (κ1) is 22.3. The zero-order valence-electron chi connectivity index (χ0n) is 18.3. The molecule has 1 fully saturated rings. The first-order valence-electron chi connectivity index (χ1n) is 11.2. The number of aromatic nitrogens is 2. The van der Waals surface area contributed by atoms with Crippen molar-refractivity contribution in [3.63, 3.8) is 0 Å². The zero-order chi connectivity index (χ0) is 22.3. The fraction of sp³-hybridized carbons (Fsp3) is 0.360. The van der Waals surface area contributed by atoms with Crippen molar-refractivity contribution in [2.75, 3.05) is 31.5 Å². The molecule has 2 heterocycles. The molecule has 2 N–H and O–H groups in total. The summed E-state index contributed by atoms with van der Waals surface area (Å²) in [4.78, 5) is 11.5. The van der Waals surface area contributed by atoms with Crippen molar-refractivity contribution in [3.05, 3.63) is 77.5 Å². The summed E-state index contributed by atoms with van der Waals surface area (Å²) in [6.07, 6.45) is 3.33. The van der Waals surface area contributed by atoms with Crippen molar-refractivity contribution in [3.8, 4) is 11.3 Å². The third-order valence-electron chi connectivity index (χ3n) is 5.83. The van der Waals surface area contributed by atoms with Gasteiger partial charge in [-0.1, -0.05) is 25.1 Å². The first-order valence-corrected chi connectivity index (χ1v) is 11.2. The Morgan fingerprint density at radius 3 is 2.75 bits per heavy atom. The molecule has 1 aliphatic rings. The molecule has 0 bridgehead atoms. The Hall–Kier alpha value is -2.90. The molecule has 32 heavy (non-hydrogen) atoms. The Kier molecular flexibility index (Phi) is 7.39. The smallest absolute Gasteiger partial charge is 0.223 e. The largest absolute Gasteiger partial charge is 0.354 e. The van der Waals surface area contributed by atoms with Crippen LogP contribution in [0.2, 0.25) is 0 Å². The maximum absolute atomic E-state index is 13.3. The molecule has 4 rings (SSSR count). The Labute approximate surface area is 187 Å². The normalized spacial score (nSPS) is 16.8. The predicted molar refractivity (Wildman–Crippen MR) is 123 cm³/mol. The van der Waals surface area contributed by atoms with Gasteiger partial charge in [0.25, 0.3) is 0 Å². The second-order valence-corrected chi connectivity index (χ2v) is 8.16. The van der Waals surface area contributed by atoms with Crippen LogP contribution >= 0.6 is 0 Å². The molecule has 0 radical (unpaired) electrons. The van der Waals surface area contributed by atoms with E-state index in [1.807, 2.05) is 6.07 Å². The average molecular weight is 438 g/mol. The Morgan fingerprint density at radius 2 is 1.94 bits per heavy atom. The number of hydrogen-bond acceptors (Lipinski definition) is 5. The molecule has 1 aromatic heterocycles. The number of anilines is 1. The summed E-state index contributed by atoms with van der Waals surface area (Å²) < 4.78 is 26.7. The van der Waals surface area contributed by atoms with E-state index in [2.05, 4.69) is 56.7 Å². The molecule has 0 unspecified atom stereocenters. The Bertz CT molecular complexity index is 1020. The van der Waals surface area contributed by atoms with Gasteiger partial charge in [-0.05, 0) is 48.2 Å². The van der Waals surface area contributed by atoms with Gasteiger partial charge >= 0.3 is 0 Å². The van der Waals surface area contributed by atoms with Crippen LogP contribution in [0.1, 0.15) is 24.5 Å². The van der Waals surface area contributed by atoms with Gasteiger partial charge in [0.15, 0.2) is 0 Å². The highest BCUT2D eigenvalue weighted by Crippen LogP contribution is 2.21. The summed E-state index contributed by atoms with van der Waals surface area (Å²) in [5.41, 5.74) is 3.75. The summed E-state index contributed by atoms with van der Waals surface area (Å²) in [5.74, 6) is -0.633. The molecule has 7 heteroatoms. The van der Waals surface area contributed by atoms with Crippen LogP contribution in [0.4, 0.5) is 14.7 Å². The third kappa shape index (κ3) is 5.87. The van der Waals surface area contributed by atoms with Gasteiger partial charge in [0, 0.05) is 56.6 Å². The predicted octanol–water partition coefficient (Wildman–Crippen LogP) is 4.26. The van der Waals surface area contributed by atoms with Crippen LogP contribution in [0.15, 0.2) is 54.7 Å². The van der Waals surface area contributed by atoms with E-state index in [9.17, 15) is 8.78 Å². The fourth-order valence-corrected chi connectivity index (χ4v) is 4.16. The van der Waals surface area contributed by atoms with Crippen LogP contribution in [-0.4, -0.2) is 47.1 Å². The fourth-order valence-electron chi connectivity index (χ4n) is 4.16. The van der Waals surface area contributed by atoms with E-state index in [0.29, 0.717) is 30.5 Å². The van der Waals surface area contributed by atoms with Gasteiger partial charge in [-0.25, -0.2) is 18.7 Å². The van der Waals surface area contributed by atoms with E-state index in [1.165, 1.54) is 17.7 Å². The quantitative estimate of drug-likeness (QED) is 0.552. The molecule has 0 amide bonds. The molecule has 1 saturated heterocycles. The van der Waals surface area contributed by atoms with Crippen LogP contribution in [0.25, 0.3) is 11.3 Å². The van der Waals surface area contributed by atoms with Crippen LogP contribution in [0.3, 0.4) is 0 Å². The molecular weight excluding hydrogens is 408 g/mol. The Balaban J connectivity index is 1.41. The zero-order valence-corrected chi connectivity index (χ0v) is 18.3. The monoisotopic (exact) mass is 437 g/mol. The van der Waals surface area contributed by atoms with Gasteiger partial charge < -0.3 is 10.6 Å². The standard InChI is InChI=1S/C25H29F2N5/c1-2-23-16-28-10-11-32(23)17-19-4-3-5-20(12-19)24-7-9-30-25(31-24)29-8-6-18-13-21(26)15-22(27)14-18/h3-5,7,9,12-15,23,28H,2,6,8,10-11,16-17H2,1H3,(H,29,30,31)/t23-/m0/s1. The summed E-state index contributed by atoms with van der Waals surface area (Å²) >= 11 is 0. The third-order valence-corrected chi connectivity index (χ3v) is 5.83. The highest BCUT2D eigenvalue weighted by atomic mass is 19.1. The van der Waals surface area contributed by atoms with Crippen LogP contribution in [-0.2, 0) is 13.0 Å². The average Bonchev–Trinajstić information content (AvgIpc) is 2.79. The molecule has 168 valence electrons. The number of halogens is 2. The van der Waals surface area contributed by atoms with Gasteiger partial charge in [0.05, 0.1) is 5.69 Å². The van der Waals surface area contributed by atoms with Crippen LogP contribution in [0.5, 0.6) is 0 Å². The van der Waals surface area contributed by atoms with Crippen molar-refractivity contribution < 1.29 is 8.78 Å². The highest BCUT2D eigenvalue weighted by molar-refractivity contribution is 5.61. The van der Waals surface area contributed by atoms with E-state index in [-0.39, 0.29) is 0 Å². The van der Waals surface area contributed by atoms with Crippen molar-refractivity contribution in [1.29, 1.82) is 0 Å². The number of nitrogens with one attached hydrogen (secondary N) is 2. The number of benzene rings is 2. The SMILES string of the molecule is CC[C@H]1CNCCN1Cc1cccc(-c2ccnc(NCCc3cc(F)cc(F)c3)n2)c1. The summed E-state index contributed by atoms with van der Waals surface area (Å²) in [6.45, 7) is 6.77. The second-order valence-electron chi connectivity index (χ2n) is 8.16. The van der Waals surface area contributed by atoms with Crippen molar-refractivity contribution in [2.24, 2.45) is 0 Å². The van der Waals surface area contributed by atoms with Gasteiger partial charge in [-0.3, -0.25) is 4.90 Å². The molecule has 0 saturated carbocycles. The number of hydrogen-bond donors (Lipinski definition) is 2. The second kappa shape index (κ2) is 10.6. The van der Waals surface area contributed by atoms with Gasteiger partial charge in [-0.15, -0.1) is 0 Å². The lowest BCUT2D eigenvalue weighted by atomic mass is 10.1. The number of rotatable bonds is 8. The highest BCUT2D eigenvalue weighted by Gasteiger charge is 2.20. The van der Waals surface area contributed by atoms with Gasteiger partial charge in [0.2, 0.25) is 5.95 Å². The van der Waals surface area contributed by atoms with E-state index in [4.69, 9.17) is 0 Å². The molecule has 3 aromatic rings. The minimum Gasteiger partial charge on any atom is -0.354 e. The van der Waals surface area contributed by atoms with E-state index in [1.54, 1.807) is 6.20 Å². The summed E-state index contributed by atoms with van der Waals surface area (Å²) in [7, 11) is 0. The van der Waals surface area contributed by atoms with Crippen molar-refractivity contribution in [1.82, 2.24) is 20.2 Å². The maximum Gasteiger partial charge on any atom is 0.223 e. The molecule has 5 nitrogen and oxygen atoms in total. The maximum atomic E-state index is 13.3. The molecule has 0 aliphatic carbocycles. The van der Waals surface area contributed by atoms with E-state index < -0.39 is 11.6 Å². The first-order chi connectivity index (χ1) is 15.6. The Morgan fingerprint density at radius 1 is 1.09 bits per heavy atom. The van der Waals surface area contributed by atoms with E-state index >= 15 is 0 Å². The van der Waals surface area contributed by atoms with Crippen molar-refractivity contribution >= 4 is 5.95 Å². The number of piperazine rings is 1. The minimum atomic E-state index is -0.566. The topological polar surface area (TPSA) is 53.1 Å². The molecule has 1 atom stereocenters. The molecule has 0 spiro atoms. The molecule has 1 aliphatic heterocycles. The van der Waals surface area contributed by atoms with Gasteiger partial charge in [0.1, 0.15) is 11.6 Å².